The standard InChI is InChI=1S/C13H11ClF2S/c1-2-8-5-6-17-13(8)12(14)9-3-4-10(15)11(16)7-9/h3-7,12H,2H2,1H3. The van der Waals surface area contributed by atoms with Crippen molar-refractivity contribution in [3.05, 3.63) is 57.3 Å². The lowest BCUT2D eigenvalue weighted by atomic mass is 10.1. The number of benzene rings is 1. The number of hydrogen-bond acceptors (Lipinski definition) is 1. The Labute approximate surface area is 108 Å². The number of aryl methyl sites for hydroxylation is 1. The molecule has 0 aliphatic heterocycles. The maximum Gasteiger partial charge on any atom is 0.159 e. The third-order valence-corrected chi connectivity index (χ3v) is 4.25. The number of alkyl halides is 1. The summed E-state index contributed by atoms with van der Waals surface area (Å²) < 4.78 is 26.0. The van der Waals surface area contributed by atoms with Gasteiger partial charge < -0.3 is 0 Å². The van der Waals surface area contributed by atoms with Crippen LogP contribution in [0.3, 0.4) is 0 Å². The Kier molecular flexibility index (Phi) is 3.79. The smallest absolute Gasteiger partial charge is 0.159 e. The summed E-state index contributed by atoms with van der Waals surface area (Å²) >= 11 is 7.84. The summed E-state index contributed by atoms with van der Waals surface area (Å²) in [6, 6.07) is 5.80. The van der Waals surface area contributed by atoms with E-state index in [1.165, 1.54) is 17.4 Å². The van der Waals surface area contributed by atoms with E-state index in [4.69, 9.17) is 11.6 Å². The van der Waals surface area contributed by atoms with Crippen LogP contribution in [0.2, 0.25) is 0 Å². The Morgan fingerprint density at radius 3 is 2.65 bits per heavy atom. The van der Waals surface area contributed by atoms with Crippen molar-refractivity contribution < 1.29 is 8.78 Å². The molecule has 0 aliphatic rings. The Balaban J connectivity index is 2.36. The molecule has 17 heavy (non-hydrogen) atoms. The van der Waals surface area contributed by atoms with Gasteiger partial charge in [0.1, 0.15) is 0 Å². The van der Waals surface area contributed by atoms with Crippen LogP contribution in [-0.2, 0) is 6.42 Å². The van der Waals surface area contributed by atoms with Gasteiger partial charge in [0, 0.05) is 4.88 Å². The summed E-state index contributed by atoms with van der Waals surface area (Å²) in [5, 5.41) is 1.55. The van der Waals surface area contributed by atoms with Gasteiger partial charge in [0.05, 0.1) is 5.38 Å². The van der Waals surface area contributed by atoms with E-state index in [0.717, 1.165) is 29.0 Å². The molecule has 1 unspecified atom stereocenters. The van der Waals surface area contributed by atoms with Crippen LogP contribution in [0.15, 0.2) is 29.6 Å². The van der Waals surface area contributed by atoms with Crippen LogP contribution < -0.4 is 0 Å². The van der Waals surface area contributed by atoms with Crippen LogP contribution in [0.1, 0.15) is 28.3 Å². The van der Waals surface area contributed by atoms with Crippen LogP contribution >= 0.6 is 22.9 Å². The van der Waals surface area contributed by atoms with E-state index in [0.29, 0.717) is 5.56 Å². The van der Waals surface area contributed by atoms with Crippen molar-refractivity contribution in [2.24, 2.45) is 0 Å². The molecule has 0 spiro atoms. The number of thiophene rings is 1. The number of hydrogen-bond donors (Lipinski definition) is 0. The molecule has 0 N–H and O–H groups in total. The minimum Gasteiger partial charge on any atom is -0.204 e. The summed E-state index contributed by atoms with van der Waals surface area (Å²) in [6.45, 7) is 2.04. The summed E-state index contributed by atoms with van der Waals surface area (Å²) in [7, 11) is 0. The highest BCUT2D eigenvalue weighted by Crippen LogP contribution is 2.35. The minimum atomic E-state index is -0.859. The molecule has 4 heteroatoms. The fourth-order valence-corrected chi connectivity index (χ4v) is 3.11. The molecule has 1 heterocycles. The molecular weight excluding hydrogens is 262 g/mol. The minimum absolute atomic E-state index is 0.417. The molecule has 1 aromatic carbocycles. The Hall–Kier alpha value is -0.930. The fourth-order valence-electron chi connectivity index (χ4n) is 1.68. The highest BCUT2D eigenvalue weighted by Gasteiger charge is 2.17. The molecule has 90 valence electrons. The third-order valence-electron chi connectivity index (χ3n) is 2.63. The van der Waals surface area contributed by atoms with E-state index in [1.54, 1.807) is 0 Å². The molecular formula is C13H11ClF2S. The Morgan fingerprint density at radius 2 is 2.00 bits per heavy atom. The van der Waals surface area contributed by atoms with Gasteiger partial charge in [0.2, 0.25) is 0 Å². The summed E-state index contributed by atoms with van der Waals surface area (Å²) in [4.78, 5) is 1.00. The van der Waals surface area contributed by atoms with E-state index in [2.05, 4.69) is 0 Å². The van der Waals surface area contributed by atoms with Gasteiger partial charge in [-0.3, -0.25) is 0 Å². The molecule has 0 aliphatic carbocycles. The van der Waals surface area contributed by atoms with Gasteiger partial charge in [-0.05, 0) is 41.1 Å². The second-order valence-electron chi connectivity index (χ2n) is 3.70. The average molecular weight is 273 g/mol. The normalized spacial score (nSPS) is 12.7. The number of halogens is 3. The van der Waals surface area contributed by atoms with Gasteiger partial charge in [-0.1, -0.05) is 13.0 Å². The van der Waals surface area contributed by atoms with Gasteiger partial charge in [0.15, 0.2) is 11.6 Å². The molecule has 0 bridgehead atoms. The second-order valence-corrected chi connectivity index (χ2v) is 5.08. The third kappa shape index (κ3) is 2.50. The molecule has 0 fully saturated rings. The average Bonchev–Trinajstić information content (AvgIpc) is 2.80. The first-order valence-corrected chi connectivity index (χ1v) is 6.60. The molecule has 0 amide bonds. The predicted octanol–water partition coefficient (Wildman–Crippen LogP) is 4.92. The van der Waals surface area contributed by atoms with Crippen molar-refractivity contribution in [1.82, 2.24) is 0 Å². The zero-order valence-corrected chi connectivity index (χ0v) is 10.8. The van der Waals surface area contributed by atoms with Crippen LogP contribution in [0.5, 0.6) is 0 Å². The van der Waals surface area contributed by atoms with Gasteiger partial charge in [0.25, 0.3) is 0 Å². The maximum absolute atomic E-state index is 13.1. The molecule has 2 aromatic rings. The first-order chi connectivity index (χ1) is 8.13. The van der Waals surface area contributed by atoms with Crippen molar-refractivity contribution in [1.29, 1.82) is 0 Å². The van der Waals surface area contributed by atoms with Crippen LogP contribution in [-0.4, -0.2) is 0 Å². The maximum atomic E-state index is 13.1. The van der Waals surface area contributed by atoms with Crippen molar-refractivity contribution in [3.63, 3.8) is 0 Å². The first-order valence-electron chi connectivity index (χ1n) is 5.28. The molecule has 1 atom stereocenters. The highest BCUT2D eigenvalue weighted by atomic mass is 35.5. The zero-order chi connectivity index (χ0) is 12.4. The first kappa shape index (κ1) is 12.5. The van der Waals surface area contributed by atoms with Crippen molar-refractivity contribution in [2.75, 3.05) is 0 Å². The lowest BCUT2D eigenvalue weighted by Crippen LogP contribution is -1.96. The van der Waals surface area contributed by atoms with Gasteiger partial charge in [-0.25, -0.2) is 8.78 Å². The molecule has 1 aromatic heterocycles. The zero-order valence-electron chi connectivity index (χ0n) is 9.21. The van der Waals surface area contributed by atoms with E-state index in [9.17, 15) is 8.78 Å². The SMILES string of the molecule is CCc1ccsc1C(Cl)c1ccc(F)c(F)c1. The largest absolute Gasteiger partial charge is 0.204 e. The quantitative estimate of drug-likeness (QED) is 0.696. The molecule has 0 saturated heterocycles. The van der Waals surface area contributed by atoms with E-state index in [1.807, 2.05) is 18.4 Å². The molecule has 2 rings (SSSR count). The monoisotopic (exact) mass is 272 g/mol. The van der Waals surface area contributed by atoms with Crippen molar-refractivity contribution in [3.8, 4) is 0 Å². The lowest BCUT2D eigenvalue weighted by molar-refractivity contribution is 0.507. The van der Waals surface area contributed by atoms with Crippen LogP contribution in [0.4, 0.5) is 8.78 Å². The summed E-state index contributed by atoms with van der Waals surface area (Å²) in [6.07, 6.45) is 0.881. The van der Waals surface area contributed by atoms with E-state index in [-0.39, 0.29) is 0 Å². The summed E-state index contributed by atoms with van der Waals surface area (Å²) in [5.74, 6) is -1.71. The number of rotatable bonds is 3. The lowest BCUT2D eigenvalue weighted by Gasteiger charge is -2.10. The van der Waals surface area contributed by atoms with Crippen LogP contribution in [0, 0.1) is 11.6 Å². The molecule has 0 nitrogen and oxygen atoms in total. The van der Waals surface area contributed by atoms with Gasteiger partial charge in [-0.15, -0.1) is 22.9 Å². The highest BCUT2D eigenvalue weighted by molar-refractivity contribution is 7.10. The van der Waals surface area contributed by atoms with Crippen LogP contribution in [0.25, 0.3) is 0 Å². The van der Waals surface area contributed by atoms with E-state index < -0.39 is 17.0 Å². The Bertz CT molecular complexity index is 522. The summed E-state index contributed by atoms with van der Waals surface area (Å²) in [5.41, 5.74) is 1.74. The van der Waals surface area contributed by atoms with Crippen molar-refractivity contribution in [2.45, 2.75) is 18.7 Å². The molecule has 0 saturated carbocycles. The van der Waals surface area contributed by atoms with E-state index >= 15 is 0 Å². The second kappa shape index (κ2) is 5.15. The molecule has 0 radical (unpaired) electrons. The fraction of sp³-hybridized carbons (Fsp3) is 0.231. The van der Waals surface area contributed by atoms with Crippen molar-refractivity contribution >= 4 is 22.9 Å². The Morgan fingerprint density at radius 1 is 1.24 bits per heavy atom. The van der Waals surface area contributed by atoms with Gasteiger partial charge >= 0.3 is 0 Å². The topological polar surface area (TPSA) is 0 Å². The van der Waals surface area contributed by atoms with Gasteiger partial charge in [-0.2, -0.15) is 0 Å². The predicted molar refractivity (Wildman–Crippen MR) is 67.8 cm³/mol.